The summed E-state index contributed by atoms with van der Waals surface area (Å²) in [5.74, 6) is 2.44. The standard InChI is InChI=1S/C36H29N3O/c1-36(2,3)26-18-20-37-34(22-26)39-32-14-7-6-13-30(32)31-16-15-28(23-33(31)39)40-27-11-8-10-25(21-27)35-29-12-5-4-9-24(29)17-19-38-35/h4-23H,1-3H3. The van der Waals surface area contributed by atoms with Crippen LogP contribution in [0, 0.1) is 0 Å². The quantitative estimate of drug-likeness (QED) is 0.232. The van der Waals surface area contributed by atoms with Gasteiger partial charge in [0.25, 0.3) is 0 Å². The first kappa shape index (κ1) is 24.1. The second-order valence-electron chi connectivity index (χ2n) is 11.2. The van der Waals surface area contributed by atoms with Gasteiger partial charge in [0, 0.05) is 40.2 Å². The summed E-state index contributed by atoms with van der Waals surface area (Å²) in [6.07, 6.45) is 3.77. The first-order valence-corrected chi connectivity index (χ1v) is 13.6. The Kier molecular flexibility index (Phi) is 5.64. The molecule has 0 fully saturated rings. The van der Waals surface area contributed by atoms with Gasteiger partial charge in [-0.3, -0.25) is 9.55 Å². The highest BCUT2D eigenvalue weighted by Crippen LogP contribution is 2.36. The van der Waals surface area contributed by atoms with Crippen molar-refractivity contribution in [3.8, 4) is 28.6 Å². The van der Waals surface area contributed by atoms with Gasteiger partial charge in [0.2, 0.25) is 0 Å². The summed E-state index contributed by atoms with van der Waals surface area (Å²) >= 11 is 0. The van der Waals surface area contributed by atoms with E-state index < -0.39 is 0 Å². The molecule has 7 rings (SSSR count). The van der Waals surface area contributed by atoms with Crippen LogP contribution in [0.25, 0.3) is 49.7 Å². The Morgan fingerprint density at radius 2 is 1.35 bits per heavy atom. The van der Waals surface area contributed by atoms with E-state index in [-0.39, 0.29) is 5.41 Å². The Bertz CT molecular complexity index is 2030. The molecule has 0 atom stereocenters. The molecule has 4 heteroatoms. The van der Waals surface area contributed by atoms with Gasteiger partial charge in [-0.2, -0.15) is 0 Å². The molecule has 0 bridgehead atoms. The maximum Gasteiger partial charge on any atom is 0.137 e. The Morgan fingerprint density at radius 3 is 2.23 bits per heavy atom. The van der Waals surface area contributed by atoms with Crippen molar-refractivity contribution in [2.45, 2.75) is 26.2 Å². The van der Waals surface area contributed by atoms with Crippen molar-refractivity contribution in [1.29, 1.82) is 0 Å². The van der Waals surface area contributed by atoms with Gasteiger partial charge in [0.15, 0.2) is 0 Å². The number of para-hydroxylation sites is 1. The highest BCUT2D eigenvalue weighted by molar-refractivity contribution is 6.09. The molecule has 0 saturated carbocycles. The highest BCUT2D eigenvalue weighted by atomic mass is 16.5. The largest absolute Gasteiger partial charge is 0.457 e. The number of ether oxygens (including phenoxy) is 1. The number of nitrogens with zero attached hydrogens (tertiary/aromatic N) is 3. The molecule has 0 saturated heterocycles. The Hall–Kier alpha value is -4.96. The summed E-state index contributed by atoms with van der Waals surface area (Å²) in [4.78, 5) is 9.49. The maximum atomic E-state index is 6.46. The van der Waals surface area contributed by atoms with Crippen LogP contribution in [0.15, 0.2) is 122 Å². The molecule has 0 N–H and O–H groups in total. The van der Waals surface area contributed by atoms with Crippen LogP contribution in [0.1, 0.15) is 26.3 Å². The van der Waals surface area contributed by atoms with Gasteiger partial charge in [0.05, 0.1) is 16.7 Å². The van der Waals surface area contributed by atoms with Crippen LogP contribution in [0.3, 0.4) is 0 Å². The average Bonchev–Trinajstić information content (AvgIpc) is 3.30. The lowest BCUT2D eigenvalue weighted by molar-refractivity contribution is 0.483. The van der Waals surface area contributed by atoms with Gasteiger partial charge < -0.3 is 4.74 Å². The predicted molar refractivity (Wildman–Crippen MR) is 165 cm³/mol. The normalized spacial score (nSPS) is 11.9. The summed E-state index contributed by atoms with van der Waals surface area (Å²) in [5, 5.41) is 4.65. The molecule has 0 aliphatic rings. The van der Waals surface area contributed by atoms with Gasteiger partial charge in [-0.1, -0.05) is 75.4 Å². The first-order valence-electron chi connectivity index (χ1n) is 13.6. The molecule has 4 aromatic carbocycles. The molecule has 0 spiro atoms. The van der Waals surface area contributed by atoms with E-state index in [1.165, 1.54) is 21.7 Å². The molecule has 4 nitrogen and oxygen atoms in total. The number of aromatic nitrogens is 3. The summed E-state index contributed by atoms with van der Waals surface area (Å²) in [7, 11) is 0. The van der Waals surface area contributed by atoms with E-state index in [1.54, 1.807) is 0 Å². The molecule has 0 unspecified atom stereocenters. The number of hydrogen-bond donors (Lipinski definition) is 0. The van der Waals surface area contributed by atoms with Crippen LogP contribution in [-0.4, -0.2) is 14.5 Å². The second kappa shape index (κ2) is 9.35. The Morgan fingerprint density at radius 1 is 0.600 bits per heavy atom. The lowest BCUT2D eigenvalue weighted by Crippen LogP contribution is -2.12. The van der Waals surface area contributed by atoms with Crippen molar-refractivity contribution in [3.63, 3.8) is 0 Å². The van der Waals surface area contributed by atoms with Crippen molar-refractivity contribution in [2.24, 2.45) is 0 Å². The minimum absolute atomic E-state index is 0.0225. The lowest BCUT2D eigenvalue weighted by atomic mass is 9.88. The van der Waals surface area contributed by atoms with E-state index in [0.717, 1.165) is 45.0 Å². The molecule has 0 aliphatic carbocycles. The van der Waals surface area contributed by atoms with Crippen LogP contribution >= 0.6 is 0 Å². The van der Waals surface area contributed by atoms with Gasteiger partial charge >= 0.3 is 0 Å². The molecule has 0 amide bonds. The minimum Gasteiger partial charge on any atom is -0.457 e. The monoisotopic (exact) mass is 519 g/mol. The number of pyridine rings is 2. The van der Waals surface area contributed by atoms with E-state index in [0.29, 0.717) is 0 Å². The maximum absolute atomic E-state index is 6.46. The fourth-order valence-corrected chi connectivity index (χ4v) is 5.46. The first-order chi connectivity index (χ1) is 19.5. The molecule has 0 radical (unpaired) electrons. The van der Waals surface area contributed by atoms with Crippen LogP contribution < -0.4 is 4.74 Å². The molecular formula is C36H29N3O. The van der Waals surface area contributed by atoms with Gasteiger partial charge in [-0.05, 0) is 64.9 Å². The van der Waals surface area contributed by atoms with E-state index in [1.807, 2.05) is 42.7 Å². The highest BCUT2D eigenvalue weighted by Gasteiger charge is 2.18. The van der Waals surface area contributed by atoms with E-state index in [2.05, 4.69) is 104 Å². The summed E-state index contributed by atoms with van der Waals surface area (Å²) in [6.45, 7) is 6.68. The molecule has 0 aliphatic heterocycles. The third kappa shape index (κ3) is 4.18. The van der Waals surface area contributed by atoms with E-state index >= 15 is 0 Å². The number of benzene rings is 4. The number of hydrogen-bond acceptors (Lipinski definition) is 3. The van der Waals surface area contributed by atoms with Gasteiger partial charge in [-0.15, -0.1) is 0 Å². The predicted octanol–water partition coefficient (Wildman–Crippen LogP) is 9.48. The molecule has 40 heavy (non-hydrogen) atoms. The summed E-state index contributed by atoms with van der Waals surface area (Å²) in [5.41, 5.74) is 5.42. The van der Waals surface area contributed by atoms with Crippen LogP contribution in [0.4, 0.5) is 0 Å². The lowest BCUT2D eigenvalue weighted by Gasteiger charge is -2.20. The zero-order valence-corrected chi connectivity index (χ0v) is 22.8. The number of rotatable bonds is 4. The molecule has 3 aromatic heterocycles. The second-order valence-corrected chi connectivity index (χ2v) is 11.2. The Balaban J connectivity index is 1.33. The summed E-state index contributed by atoms with van der Waals surface area (Å²) in [6, 6.07) is 37.6. The molecule has 194 valence electrons. The zero-order chi connectivity index (χ0) is 27.3. The van der Waals surface area contributed by atoms with Crippen molar-refractivity contribution in [2.75, 3.05) is 0 Å². The molecule has 7 aromatic rings. The van der Waals surface area contributed by atoms with E-state index in [4.69, 9.17) is 14.7 Å². The van der Waals surface area contributed by atoms with Crippen molar-refractivity contribution < 1.29 is 4.74 Å². The van der Waals surface area contributed by atoms with Crippen LogP contribution in [-0.2, 0) is 5.41 Å². The van der Waals surface area contributed by atoms with Crippen LogP contribution in [0.5, 0.6) is 11.5 Å². The topological polar surface area (TPSA) is 39.9 Å². The van der Waals surface area contributed by atoms with Gasteiger partial charge in [0.1, 0.15) is 17.3 Å². The minimum atomic E-state index is 0.0225. The average molecular weight is 520 g/mol. The molecular weight excluding hydrogens is 490 g/mol. The third-order valence-electron chi connectivity index (χ3n) is 7.50. The SMILES string of the molecule is CC(C)(C)c1ccnc(-n2c3ccccc3c3ccc(Oc4cccc(-c5nccc6ccccc56)c4)cc32)c1. The van der Waals surface area contributed by atoms with Crippen LogP contribution in [0.2, 0.25) is 0 Å². The third-order valence-corrected chi connectivity index (χ3v) is 7.50. The fraction of sp³-hybridized carbons (Fsp3) is 0.111. The van der Waals surface area contributed by atoms with E-state index in [9.17, 15) is 0 Å². The van der Waals surface area contributed by atoms with Crippen molar-refractivity contribution in [1.82, 2.24) is 14.5 Å². The zero-order valence-electron chi connectivity index (χ0n) is 22.8. The van der Waals surface area contributed by atoms with Gasteiger partial charge in [-0.25, -0.2) is 4.98 Å². The summed E-state index contributed by atoms with van der Waals surface area (Å²) < 4.78 is 8.70. The van der Waals surface area contributed by atoms with Crippen molar-refractivity contribution in [3.05, 3.63) is 127 Å². The van der Waals surface area contributed by atoms with Crippen molar-refractivity contribution >= 4 is 32.6 Å². The number of fused-ring (bicyclic) bond motifs is 4. The fourth-order valence-electron chi connectivity index (χ4n) is 5.46. The Labute approximate surface area is 233 Å². The molecule has 3 heterocycles. The smallest absolute Gasteiger partial charge is 0.137 e.